The summed E-state index contributed by atoms with van der Waals surface area (Å²) in [6.07, 6.45) is 4.10. The Kier molecular flexibility index (Phi) is 4.58. The molecular weight excluding hydrogens is 238 g/mol. The SMILES string of the molecule is CCC(CN)NC(=O)CCc1c[nH]c2ccccc12. The number of fused-ring (bicyclic) bond motifs is 1. The van der Waals surface area contributed by atoms with E-state index in [-0.39, 0.29) is 11.9 Å². The lowest BCUT2D eigenvalue weighted by molar-refractivity contribution is -0.121. The lowest BCUT2D eigenvalue weighted by Gasteiger charge is -2.14. The van der Waals surface area contributed by atoms with Crippen LogP contribution in [0.3, 0.4) is 0 Å². The second-order valence-corrected chi connectivity index (χ2v) is 4.77. The number of nitrogens with two attached hydrogens (primary N) is 1. The van der Waals surface area contributed by atoms with Gasteiger partial charge >= 0.3 is 0 Å². The van der Waals surface area contributed by atoms with Gasteiger partial charge in [0.15, 0.2) is 0 Å². The van der Waals surface area contributed by atoms with Crippen molar-refractivity contribution in [3.8, 4) is 0 Å². The van der Waals surface area contributed by atoms with Crippen molar-refractivity contribution in [1.82, 2.24) is 10.3 Å². The van der Waals surface area contributed by atoms with E-state index in [1.54, 1.807) is 0 Å². The first-order valence-corrected chi connectivity index (χ1v) is 6.79. The van der Waals surface area contributed by atoms with Crippen LogP contribution in [0.2, 0.25) is 0 Å². The van der Waals surface area contributed by atoms with Crippen molar-refractivity contribution < 1.29 is 4.79 Å². The number of para-hydroxylation sites is 1. The topological polar surface area (TPSA) is 70.9 Å². The Hall–Kier alpha value is -1.81. The molecule has 0 spiro atoms. The van der Waals surface area contributed by atoms with Gasteiger partial charge in [-0.05, 0) is 24.5 Å². The minimum atomic E-state index is 0.0718. The van der Waals surface area contributed by atoms with Crippen LogP contribution in [0, 0.1) is 0 Å². The van der Waals surface area contributed by atoms with Crippen molar-refractivity contribution in [2.24, 2.45) is 5.73 Å². The lowest BCUT2D eigenvalue weighted by atomic mass is 10.1. The number of carbonyl (C=O) groups is 1. The van der Waals surface area contributed by atoms with E-state index in [1.165, 1.54) is 10.9 Å². The van der Waals surface area contributed by atoms with Crippen LogP contribution in [0.4, 0.5) is 0 Å². The zero-order valence-electron chi connectivity index (χ0n) is 11.3. The van der Waals surface area contributed by atoms with Crippen LogP contribution >= 0.6 is 0 Å². The minimum Gasteiger partial charge on any atom is -0.361 e. The molecule has 102 valence electrons. The van der Waals surface area contributed by atoms with Crippen molar-refractivity contribution in [1.29, 1.82) is 0 Å². The molecule has 1 unspecified atom stereocenters. The molecule has 1 aromatic carbocycles. The van der Waals surface area contributed by atoms with E-state index < -0.39 is 0 Å². The monoisotopic (exact) mass is 259 g/mol. The number of hydrogen-bond donors (Lipinski definition) is 3. The molecule has 0 radical (unpaired) electrons. The van der Waals surface area contributed by atoms with E-state index >= 15 is 0 Å². The van der Waals surface area contributed by atoms with Crippen LogP contribution in [0.25, 0.3) is 10.9 Å². The molecule has 0 fully saturated rings. The summed E-state index contributed by atoms with van der Waals surface area (Å²) in [6.45, 7) is 2.52. The first-order valence-electron chi connectivity index (χ1n) is 6.79. The van der Waals surface area contributed by atoms with Crippen molar-refractivity contribution in [2.45, 2.75) is 32.2 Å². The van der Waals surface area contributed by atoms with Gasteiger partial charge in [-0.3, -0.25) is 4.79 Å². The van der Waals surface area contributed by atoms with Crippen LogP contribution < -0.4 is 11.1 Å². The third-order valence-electron chi connectivity index (χ3n) is 3.44. The van der Waals surface area contributed by atoms with Gasteiger partial charge in [0.1, 0.15) is 0 Å². The second kappa shape index (κ2) is 6.38. The summed E-state index contributed by atoms with van der Waals surface area (Å²) in [6, 6.07) is 8.23. The van der Waals surface area contributed by atoms with Gasteiger partial charge < -0.3 is 16.0 Å². The highest BCUT2D eigenvalue weighted by Crippen LogP contribution is 2.18. The average molecular weight is 259 g/mol. The number of H-pyrrole nitrogens is 1. The fourth-order valence-electron chi connectivity index (χ4n) is 2.21. The van der Waals surface area contributed by atoms with Gasteiger partial charge in [0, 0.05) is 36.1 Å². The largest absolute Gasteiger partial charge is 0.361 e. The van der Waals surface area contributed by atoms with Crippen LogP contribution in [-0.2, 0) is 11.2 Å². The zero-order chi connectivity index (χ0) is 13.7. The van der Waals surface area contributed by atoms with E-state index in [2.05, 4.69) is 16.4 Å². The Morgan fingerprint density at radius 1 is 1.42 bits per heavy atom. The van der Waals surface area contributed by atoms with Crippen molar-refractivity contribution in [3.63, 3.8) is 0 Å². The van der Waals surface area contributed by atoms with Crippen LogP contribution in [-0.4, -0.2) is 23.5 Å². The van der Waals surface area contributed by atoms with Crippen molar-refractivity contribution in [2.75, 3.05) is 6.54 Å². The molecule has 4 nitrogen and oxygen atoms in total. The predicted molar refractivity (Wildman–Crippen MR) is 77.9 cm³/mol. The van der Waals surface area contributed by atoms with Crippen LogP contribution in [0.15, 0.2) is 30.5 Å². The third kappa shape index (κ3) is 3.35. The van der Waals surface area contributed by atoms with E-state index in [1.807, 2.05) is 31.3 Å². The molecule has 2 rings (SSSR count). The maximum Gasteiger partial charge on any atom is 0.220 e. The Morgan fingerprint density at radius 2 is 2.21 bits per heavy atom. The van der Waals surface area contributed by atoms with Crippen LogP contribution in [0.1, 0.15) is 25.3 Å². The zero-order valence-corrected chi connectivity index (χ0v) is 11.3. The summed E-state index contributed by atoms with van der Waals surface area (Å²) in [7, 11) is 0. The average Bonchev–Trinajstić information content (AvgIpc) is 2.86. The number of hydrogen-bond acceptors (Lipinski definition) is 2. The van der Waals surface area contributed by atoms with Crippen molar-refractivity contribution in [3.05, 3.63) is 36.0 Å². The molecule has 1 aromatic heterocycles. The molecule has 0 bridgehead atoms. The number of aromatic nitrogens is 1. The Bertz CT molecular complexity index is 543. The van der Waals surface area contributed by atoms with Gasteiger partial charge in [0.25, 0.3) is 0 Å². The van der Waals surface area contributed by atoms with Gasteiger partial charge in [-0.25, -0.2) is 0 Å². The minimum absolute atomic E-state index is 0.0718. The van der Waals surface area contributed by atoms with Gasteiger partial charge in [-0.2, -0.15) is 0 Å². The standard InChI is InChI=1S/C15H21N3O/c1-2-12(9-16)18-15(19)8-7-11-10-17-14-6-4-3-5-13(11)14/h3-6,10,12,17H,2,7-9,16H2,1H3,(H,18,19). The molecule has 4 heteroatoms. The molecular formula is C15H21N3O. The highest BCUT2D eigenvalue weighted by atomic mass is 16.1. The summed E-state index contributed by atoms with van der Waals surface area (Å²) in [5, 5.41) is 4.15. The highest BCUT2D eigenvalue weighted by molar-refractivity contribution is 5.84. The molecule has 4 N–H and O–H groups in total. The van der Waals surface area contributed by atoms with Gasteiger partial charge in [-0.15, -0.1) is 0 Å². The molecule has 1 heterocycles. The summed E-state index contributed by atoms with van der Waals surface area (Å²) in [4.78, 5) is 15.0. The third-order valence-corrected chi connectivity index (χ3v) is 3.44. The van der Waals surface area contributed by atoms with Gasteiger partial charge in [-0.1, -0.05) is 25.1 Å². The number of aryl methyl sites for hydroxylation is 1. The Morgan fingerprint density at radius 3 is 2.95 bits per heavy atom. The molecule has 2 aromatic rings. The molecule has 0 aliphatic heterocycles. The van der Waals surface area contributed by atoms with E-state index in [4.69, 9.17) is 5.73 Å². The number of amides is 1. The van der Waals surface area contributed by atoms with Gasteiger partial charge in [0.05, 0.1) is 0 Å². The van der Waals surface area contributed by atoms with Gasteiger partial charge in [0.2, 0.25) is 5.91 Å². The summed E-state index contributed by atoms with van der Waals surface area (Å²) in [5.41, 5.74) is 7.88. The number of benzene rings is 1. The number of nitrogens with one attached hydrogen (secondary N) is 2. The predicted octanol–water partition coefficient (Wildman–Crippen LogP) is 1.95. The molecule has 0 aliphatic rings. The molecule has 0 aliphatic carbocycles. The first-order chi connectivity index (χ1) is 9.24. The molecule has 0 saturated heterocycles. The van der Waals surface area contributed by atoms with E-state index in [9.17, 15) is 4.79 Å². The van der Waals surface area contributed by atoms with Crippen LogP contribution in [0.5, 0.6) is 0 Å². The molecule has 0 saturated carbocycles. The Balaban J connectivity index is 1.93. The fraction of sp³-hybridized carbons (Fsp3) is 0.400. The molecule has 1 atom stereocenters. The normalized spacial score (nSPS) is 12.5. The molecule has 19 heavy (non-hydrogen) atoms. The maximum absolute atomic E-state index is 11.8. The quantitative estimate of drug-likeness (QED) is 0.742. The second-order valence-electron chi connectivity index (χ2n) is 4.77. The lowest BCUT2D eigenvalue weighted by Crippen LogP contribution is -2.39. The van der Waals surface area contributed by atoms with Crippen molar-refractivity contribution >= 4 is 16.8 Å². The Labute approximate surface area is 113 Å². The molecule has 1 amide bonds. The smallest absolute Gasteiger partial charge is 0.220 e. The number of carbonyl (C=O) groups excluding carboxylic acids is 1. The summed E-state index contributed by atoms with van der Waals surface area (Å²) in [5.74, 6) is 0.0718. The number of rotatable bonds is 6. The summed E-state index contributed by atoms with van der Waals surface area (Å²) >= 11 is 0. The fourth-order valence-corrected chi connectivity index (χ4v) is 2.21. The maximum atomic E-state index is 11.8. The van der Waals surface area contributed by atoms with E-state index in [0.29, 0.717) is 13.0 Å². The summed E-state index contributed by atoms with van der Waals surface area (Å²) < 4.78 is 0. The van der Waals surface area contributed by atoms with E-state index in [0.717, 1.165) is 18.4 Å². The first kappa shape index (κ1) is 13.6. The highest BCUT2D eigenvalue weighted by Gasteiger charge is 2.10. The number of aromatic amines is 1.